The van der Waals surface area contributed by atoms with Crippen LogP contribution in [-0.2, 0) is 9.59 Å². The lowest BCUT2D eigenvalue weighted by Gasteiger charge is -2.25. The molecule has 5 nitrogen and oxygen atoms in total. The highest BCUT2D eigenvalue weighted by atomic mass is 16.5. The van der Waals surface area contributed by atoms with Crippen LogP contribution >= 0.6 is 0 Å². The highest BCUT2D eigenvalue weighted by molar-refractivity contribution is 5.93. The average Bonchev–Trinajstić information content (AvgIpc) is 2.50. The van der Waals surface area contributed by atoms with Crippen molar-refractivity contribution in [1.29, 1.82) is 0 Å². The van der Waals surface area contributed by atoms with Gasteiger partial charge in [0, 0.05) is 11.6 Å². The minimum atomic E-state index is -0.749. The molecule has 1 amide bonds. The van der Waals surface area contributed by atoms with Gasteiger partial charge in [-0.1, -0.05) is 0 Å². The van der Waals surface area contributed by atoms with E-state index >= 15 is 0 Å². The van der Waals surface area contributed by atoms with Crippen molar-refractivity contribution in [3.05, 3.63) is 23.8 Å². The van der Waals surface area contributed by atoms with E-state index in [1.165, 1.54) is 0 Å². The van der Waals surface area contributed by atoms with Crippen LogP contribution < -0.4 is 10.1 Å². The molecule has 0 bridgehead atoms. The zero-order valence-corrected chi connectivity index (χ0v) is 13.1. The Bertz CT molecular complexity index is 548. The minimum absolute atomic E-state index is 0.0175. The summed E-state index contributed by atoms with van der Waals surface area (Å²) in [5.74, 6) is -0.366. The minimum Gasteiger partial charge on any atom is -0.494 e. The van der Waals surface area contributed by atoms with Gasteiger partial charge in [0.25, 0.3) is 0 Å². The van der Waals surface area contributed by atoms with Gasteiger partial charge in [-0.05, 0) is 63.3 Å². The molecule has 0 spiro atoms. The van der Waals surface area contributed by atoms with E-state index in [1.54, 1.807) is 0 Å². The molecule has 1 aliphatic rings. The van der Waals surface area contributed by atoms with Gasteiger partial charge in [0.05, 0.1) is 12.5 Å². The number of carboxylic acid groups (broad SMARTS) is 1. The van der Waals surface area contributed by atoms with Crippen LogP contribution in [0, 0.1) is 18.8 Å². The molecule has 2 N–H and O–H groups in total. The van der Waals surface area contributed by atoms with E-state index in [1.807, 2.05) is 32.0 Å². The van der Waals surface area contributed by atoms with Gasteiger partial charge >= 0.3 is 5.97 Å². The van der Waals surface area contributed by atoms with E-state index in [2.05, 4.69) is 5.32 Å². The molecule has 5 heteroatoms. The fourth-order valence-corrected chi connectivity index (χ4v) is 2.87. The predicted molar refractivity (Wildman–Crippen MR) is 84.1 cm³/mol. The fourth-order valence-electron chi connectivity index (χ4n) is 2.87. The summed E-state index contributed by atoms with van der Waals surface area (Å²) in [6, 6.07) is 5.59. The number of anilines is 1. The van der Waals surface area contributed by atoms with Gasteiger partial charge in [-0.3, -0.25) is 9.59 Å². The molecule has 2 rings (SSSR count). The average molecular weight is 305 g/mol. The van der Waals surface area contributed by atoms with Crippen molar-refractivity contribution in [2.45, 2.75) is 39.5 Å². The summed E-state index contributed by atoms with van der Waals surface area (Å²) in [6.07, 6.45) is 2.43. The molecule has 22 heavy (non-hydrogen) atoms. The van der Waals surface area contributed by atoms with Gasteiger partial charge in [0.15, 0.2) is 0 Å². The number of ether oxygens (including phenoxy) is 1. The Kier molecular flexibility index (Phi) is 5.41. The van der Waals surface area contributed by atoms with Crippen LogP contribution in [0.3, 0.4) is 0 Å². The Morgan fingerprint density at radius 1 is 1.23 bits per heavy atom. The number of carbonyl (C=O) groups excluding carboxylic acids is 1. The first kappa shape index (κ1) is 16.3. The molecule has 0 unspecified atom stereocenters. The lowest BCUT2D eigenvalue weighted by Crippen LogP contribution is -2.29. The number of amides is 1. The van der Waals surface area contributed by atoms with Crippen molar-refractivity contribution < 1.29 is 19.4 Å². The number of benzene rings is 1. The molecular weight excluding hydrogens is 282 g/mol. The highest BCUT2D eigenvalue weighted by Crippen LogP contribution is 2.30. The first-order valence-electron chi connectivity index (χ1n) is 7.78. The predicted octanol–water partition coefficient (Wildman–Crippen LogP) is 3.22. The van der Waals surface area contributed by atoms with Crippen molar-refractivity contribution in [2.75, 3.05) is 11.9 Å². The van der Waals surface area contributed by atoms with Crippen LogP contribution in [0.2, 0.25) is 0 Å². The molecule has 1 aromatic rings. The summed E-state index contributed by atoms with van der Waals surface area (Å²) in [7, 11) is 0. The molecular formula is C17H23NO4. The van der Waals surface area contributed by atoms with Gasteiger partial charge in [-0.15, -0.1) is 0 Å². The Morgan fingerprint density at radius 2 is 1.86 bits per heavy atom. The molecule has 0 heterocycles. The maximum absolute atomic E-state index is 12.3. The summed E-state index contributed by atoms with van der Waals surface area (Å²) in [6.45, 7) is 4.47. The molecule has 0 radical (unpaired) electrons. The summed E-state index contributed by atoms with van der Waals surface area (Å²) in [4.78, 5) is 23.3. The number of hydrogen-bond donors (Lipinski definition) is 2. The van der Waals surface area contributed by atoms with Crippen molar-refractivity contribution in [1.82, 2.24) is 0 Å². The van der Waals surface area contributed by atoms with Crippen LogP contribution in [0.4, 0.5) is 5.69 Å². The normalized spacial score (nSPS) is 21.2. The Labute approximate surface area is 130 Å². The van der Waals surface area contributed by atoms with E-state index in [9.17, 15) is 9.59 Å². The molecule has 1 aliphatic carbocycles. The van der Waals surface area contributed by atoms with Gasteiger partial charge in [-0.2, -0.15) is 0 Å². The van der Waals surface area contributed by atoms with E-state index in [0.717, 1.165) is 17.0 Å². The SMILES string of the molecule is CCOc1ccc(NC(=O)C2CCC(C(=O)O)CC2)c(C)c1. The zero-order chi connectivity index (χ0) is 16.1. The third-order valence-corrected chi connectivity index (χ3v) is 4.21. The highest BCUT2D eigenvalue weighted by Gasteiger charge is 2.29. The van der Waals surface area contributed by atoms with E-state index < -0.39 is 5.97 Å². The number of rotatable bonds is 5. The second-order valence-corrected chi connectivity index (χ2v) is 5.79. The summed E-state index contributed by atoms with van der Waals surface area (Å²) >= 11 is 0. The van der Waals surface area contributed by atoms with Crippen LogP contribution in [0.15, 0.2) is 18.2 Å². The number of aliphatic carboxylic acids is 1. The lowest BCUT2D eigenvalue weighted by molar-refractivity contribution is -0.143. The van der Waals surface area contributed by atoms with E-state index in [0.29, 0.717) is 32.3 Å². The second-order valence-electron chi connectivity index (χ2n) is 5.79. The molecule has 0 aromatic heterocycles. The maximum atomic E-state index is 12.3. The Morgan fingerprint density at radius 3 is 2.41 bits per heavy atom. The smallest absolute Gasteiger partial charge is 0.306 e. The van der Waals surface area contributed by atoms with Gasteiger partial charge in [0.1, 0.15) is 5.75 Å². The molecule has 1 saturated carbocycles. The fraction of sp³-hybridized carbons (Fsp3) is 0.529. The van der Waals surface area contributed by atoms with Crippen LogP contribution in [0.1, 0.15) is 38.2 Å². The Balaban J connectivity index is 1.94. The summed E-state index contributed by atoms with van der Waals surface area (Å²) < 4.78 is 5.43. The molecule has 120 valence electrons. The second kappa shape index (κ2) is 7.29. The largest absolute Gasteiger partial charge is 0.494 e. The van der Waals surface area contributed by atoms with Crippen LogP contribution in [0.25, 0.3) is 0 Å². The maximum Gasteiger partial charge on any atom is 0.306 e. The van der Waals surface area contributed by atoms with Gasteiger partial charge in [0.2, 0.25) is 5.91 Å². The van der Waals surface area contributed by atoms with Crippen molar-refractivity contribution in [2.24, 2.45) is 11.8 Å². The van der Waals surface area contributed by atoms with Crippen LogP contribution in [0.5, 0.6) is 5.75 Å². The topological polar surface area (TPSA) is 75.6 Å². The zero-order valence-electron chi connectivity index (χ0n) is 13.1. The molecule has 0 saturated heterocycles. The van der Waals surface area contributed by atoms with E-state index in [4.69, 9.17) is 9.84 Å². The quantitative estimate of drug-likeness (QED) is 0.875. The Hall–Kier alpha value is -2.04. The number of carbonyl (C=O) groups is 2. The van der Waals surface area contributed by atoms with Crippen molar-refractivity contribution in [3.8, 4) is 5.75 Å². The number of aryl methyl sites for hydroxylation is 1. The number of carboxylic acids is 1. The first-order chi connectivity index (χ1) is 10.5. The lowest BCUT2D eigenvalue weighted by atomic mass is 9.81. The summed E-state index contributed by atoms with van der Waals surface area (Å²) in [5, 5.41) is 11.9. The molecule has 1 fully saturated rings. The van der Waals surface area contributed by atoms with Crippen molar-refractivity contribution >= 4 is 17.6 Å². The standard InChI is InChI=1S/C17H23NO4/c1-3-22-14-8-9-15(11(2)10-14)18-16(19)12-4-6-13(7-5-12)17(20)21/h8-10,12-13H,3-7H2,1-2H3,(H,18,19)(H,20,21). The third-order valence-electron chi connectivity index (χ3n) is 4.21. The monoisotopic (exact) mass is 305 g/mol. The van der Waals surface area contributed by atoms with E-state index in [-0.39, 0.29) is 17.7 Å². The molecule has 0 atom stereocenters. The third kappa shape index (κ3) is 4.00. The van der Waals surface area contributed by atoms with Crippen LogP contribution in [-0.4, -0.2) is 23.6 Å². The van der Waals surface area contributed by atoms with Crippen molar-refractivity contribution in [3.63, 3.8) is 0 Å². The molecule has 0 aliphatic heterocycles. The first-order valence-corrected chi connectivity index (χ1v) is 7.78. The van der Waals surface area contributed by atoms with Gasteiger partial charge < -0.3 is 15.2 Å². The number of nitrogens with one attached hydrogen (secondary N) is 1. The van der Waals surface area contributed by atoms with Gasteiger partial charge in [-0.25, -0.2) is 0 Å². The number of hydrogen-bond acceptors (Lipinski definition) is 3. The molecule has 1 aromatic carbocycles. The summed E-state index contributed by atoms with van der Waals surface area (Å²) in [5.41, 5.74) is 1.74.